The minimum Gasteiger partial charge on any atom is -0.463 e. The molecule has 3 rings (SSSR count). The summed E-state index contributed by atoms with van der Waals surface area (Å²) in [4.78, 5) is 4.54. The molecule has 8 heteroatoms. The lowest BCUT2D eigenvalue weighted by atomic mass is 10.0. The van der Waals surface area contributed by atoms with E-state index in [0.29, 0.717) is 11.7 Å². The van der Waals surface area contributed by atoms with Crippen LogP contribution in [0.25, 0.3) is 5.69 Å². The number of hydrogen-bond donors (Lipinski definition) is 3. The molecule has 0 bridgehead atoms. The first-order valence-corrected chi connectivity index (χ1v) is 10.8. The van der Waals surface area contributed by atoms with Gasteiger partial charge in [-0.15, -0.1) is 24.0 Å². The average Bonchev–Trinajstić information content (AvgIpc) is 3.36. The number of furan rings is 1. The Hall–Kier alpha value is -2.33. The molecule has 0 spiro atoms. The highest BCUT2D eigenvalue weighted by Crippen LogP contribution is 2.23. The number of aromatic nitrogens is 2. The maximum absolute atomic E-state index is 10.7. The number of para-hydroxylation sites is 1. The van der Waals surface area contributed by atoms with E-state index in [2.05, 4.69) is 39.1 Å². The maximum atomic E-state index is 10.7. The second-order valence-corrected chi connectivity index (χ2v) is 7.93. The Balaban J connectivity index is 0.00000363. The van der Waals surface area contributed by atoms with E-state index in [1.165, 1.54) is 5.56 Å². The number of halogens is 1. The zero-order chi connectivity index (χ0) is 22.3. The highest BCUT2D eigenvalue weighted by atomic mass is 127. The summed E-state index contributed by atoms with van der Waals surface area (Å²) in [5, 5.41) is 21.9. The molecule has 1 aromatic carbocycles. The highest BCUT2D eigenvalue weighted by Gasteiger charge is 2.26. The highest BCUT2D eigenvalue weighted by molar-refractivity contribution is 14.0. The fraction of sp³-hybridized carbons (Fsp3) is 0.417. The number of hydrogen-bond acceptors (Lipinski definition) is 4. The summed E-state index contributed by atoms with van der Waals surface area (Å²) in [5.41, 5.74) is 2.20. The molecule has 7 nitrogen and oxygen atoms in total. The van der Waals surface area contributed by atoms with Crippen molar-refractivity contribution in [1.82, 2.24) is 20.4 Å². The molecular formula is C24H34IN5O2. The van der Waals surface area contributed by atoms with E-state index < -0.39 is 5.60 Å². The van der Waals surface area contributed by atoms with Gasteiger partial charge >= 0.3 is 0 Å². The van der Waals surface area contributed by atoms with Gasteiger partial charge < -0.3 is 20.2 Å². The number of rotatable bonds is 9. The van der Waals surface area contributed by atoms with Crippen molar-refractivity contribution < 1.29 is 9.52 Å². The van der Waals surface area contributed by atoms with Crippen molar-refractivity contribution >= 4 is 29.9 Å². The van der Waals surface area contributed by atoms with Crippen molar-refractivity contribution in [2.45, 2.75) is 46.1 Å². The van der Waals surface area contributed by atoms with E-state index in [0.717, 1.165) is 43.1 Å². The quantitative estimate of drug-likeness (QED) is 0.161. The molecule has 0 saturated carbocycles. The summed E-state index contributed by atoms with van der Waals surface area (Å²) in [5.74, 6) is 1.98. The van der Waals surface area contributed by atoms with Crippen LogP contribution in [0, 0.1) is 13.8 Å². The van der Waals surface area contributed by atoms with Crippen molar-refractivity contribution in [3.63, 3.8) is 0 Å². The van der Waals surface area contributed by atoms with Crippen LogP contribution in [0.4, 0.5) is 0 Å². The average molecular weight is 551 g/mol. The molecule has 0 saturated heterocycles. The molecule has 174 valence electrons. The molecule has 0 fully saturated rings. The summed E-state index contributed by atoms with van der Waals surface area (Å²) in [6.07, 6.45) is 3.97. The lowest BCUT2D eigenvalue weighted by molar-refractivity contribution is 0.0428. The second-order valence-electron chi connectivity index (χ2n) is 7.93. The number of nitrogens with one attached hydrogen (secondary N) is 2. The lowest BCUT2D eigenvalue weighted by Gasteiger charge is -2.19. The normalized spacial score (nSPS) is 13.3. The third-order valence-corrected chi connectivity index (χ3v) is 5.10. The summed E-state index contributed by atoms with van der Waals surface area (Å²) >= 11 is 0. The van der Waals surface area contributed by atoms with Gasteiger partial charge in [-0.1, -0.05) is 18.2 Å². The Morgan fingerprint density at radius 3 is 2.56 bits per heavy atom. The van der Waals surface area contributed by atoms with Gasteiger partial charge in [0.25, 0.3) is 0 Å². The second kappa shape index (κ2) is 12.1. The number of guanidine groups is 1. The Labute approximate surface area is 207 Å². The van der Waals surface area contributed by atoms with Gasteiger partial charge in [-0.05, 0) is 70.4 Å². The van der Waals surface area contributed by atoms with Gasteiger partial charge in [-0.3, -0.25) is 0 Å². The van der Waals surface area contributed by atoms with E-state index in [1.54, 1.807) is 13.0 Å². The molecule has 3 aromatic rings. The molecule has 0 radical (unpaired) electrons. The SMILES string of the molecule is CCNC(=NCC(C)(O)c1ccc(C)o1)NCCCc1cn(-c2ccccc2)nc1C.I. The van der Waals surface area contributed by atoms with Crippen LogP contribution in [0.1, 0.15) is 43.0 Å². The summed E-state index contributed by atoms with van der Waals surface area (Å²) in [6, 6.07) is 13.8. The Morgan fingerprint density at radius 1 is 1.16 bits per heavy atom. The molecule has 0 amide bonds. The summed E-state index contributed by atoms with van der Waals surface area (Å²) in [6.45, 7) is 9.36. The van der Waals surface area contributed by atoms with Gasteiger partial charge in [0.05, 0.1) is 17.9 Å². The number of aliphatic imine (C=N–C) groups is 1. The van der Waals surface area contributed by atoms with Crippen molar-refractivity contribution in [2.75, 3.05) is 19.6 Å². The van der Waals surface area contributed by atoms with E-state index >= 15 is 0 Å². The Bertz CT molecular complexity index is 995. The maximum Gasteiger partial charge on any atom is 0.191 e. The third kappa shape index (κ3) is 7.09. The van der Waals surface area contributed by atoms with Crippen LogP contribution in [0.3, 0.4) is 0 Å². The standard InChI is InChI=1S/C24H33N5O2.HI/c1-5-25-23(27-17-24(4,30)22-14-13-18(2)31-22)26-15-9-10-20-16-29(28-19(20)3)21-11-7-6-8-12-21;/h6-8,11-14,16,30H,5,9-10,15,17H2,1-4H3,(H2,25,26,27);1H. The topological polar surface area (TPSA) is 87.6 Å². The summed E-state index contributed by atoms with van der Waals surface area (Å²) < 4.78 is 7.50. The predicted octanol–water partition coefficient (Wildman–Crippen LogP) is 4.10. The third-order valence-electron chi connectivity index (χ3n) is 5.10. The zero-order valence-electron chi connectivity index (χ0n) is 19.3. The van der Waals surface area contributed by atoms with Crippen LogP contribution < -0.4 is 10.6 Å². The van der Waals surface area contributed by atoms with Crippen LogP contribution in [-0.4, -0.2) is 40.5 Å². The van der Waals surface area contributed by atoms with Crippen molar-refractivity contribution in [3.8, 4) is 5.69 Å². The van der Waals surface area contributed by atoms with Crippen molar-refractivity contribution in [1.29, 1.82) is 0 Å². The first-order valence-electron chi connectivity index (χ1n) is 10.8. The molecule has 1 atom stereocenters. The molecule has 32 heavy (non-hydrogen) atoms. The van der Waals surface area contributed by atoms with Crippen molar-refractivity contribution in [2.24, 2.45) is 4.99 Å². The van der Waals surface area contributed by atoms with Crippen LogP contribution in [0.2, 0.25) is 0 Å². The molecule has 2 aromatic heterocycles. The van der Waals surface area contributed by atoms with Gasteiger partial charge in [0.1, 0.15) is 17.1 Å². The van der Waals surface area contributed by atoms with E-state index in [1.807, 2.05) is 49.7 Å². The number of nitrogens with zero attached hydrogens (tertiary/aromatic N) is 3. The first kappa shape index (κ1) is 25.9. The first-order chi connectivity index (χ1) is 14.9. The number of aryl methyl sites for hydroxylation is 3. The summed E-state index contributed by atoms with van der Waals surface area (Å²) in [7, 11) is 0. The van der Waals surface area contributed by atoms with Crippen LogP contribution in [-0.2, 0) is 12.0 Å². The van der Waals surface area contributed by atoms with E-state index in [9.17, 15) is 5.11 Å². The zero-order valence-corrected chi connectivity index (χ0v) is 21.6. The van der Waals surface area contributed by atoms with E-state index in [-0.39, 0.29) is 30.5 Å². The molecule has 0 aliphatic heterocycles. The Kier molecular flexibility index (Phi) is 9.77. The molecule has 2 heterocycles. The monoisotopic (exact) mass is 551 g/mol. The molecule has 0 aliphatic carbocycles. The smallest absolute Gasteiger partial charge is 0.191 e. The predicted molar refractivity (Wildman–Crippen MR) is 139 cm³/mol. The van der Waals surface area contributed by atoms with Gasteiger partial charge in [0, 0.05) is 19.3 Å². The van der Waals surface area contributed by atoms with Gasteiger partial charge in [0.2, 0.25) is 0 Å². The van der Waals surface area contributed by atoms with Crippen LogP contribution in [0.5, 0.6) is 0 Å². The molecule has 1 unspecified atom stereocenters. The van der Waals surface area contributed by atoms with Gasteiger partial charge in [-0.25, -0.2) is 9.67 Å². The number of benzene rings is 1. The largest absolute Gasteiger partial charge is 0.463 e. The van der Waals surface area contributed by atoms with E-state index in [4.69, 9.17) is 4.42 Å². The minimum absolute atomic E-state index is 0. The minimum atomic E-state index is -1.15. The van der Waals surface area contributed by atoms with Crippen LogP contribution >= 0.6 is 24.0 Å². The lowest BCUT2D eigenvalue weighted by Crippen LogP contribution is -2.39. The molecule has 0 aliphatic rings. The molecular weight excluding hydrogens is 517 g/mol. The Morgan fingerprint density at radius 2 is 1.91 bits per heavy atom. The fourth-order valence-corrected chi connectivity index (χ4v) is 3.32. The fourth-order valence-electron chi connectivity index (χ4n) is 3.32. The molecule has 3 N–H and O–H groups in total. The van der Waals surface area contributed by atoms with Crippen LogP contribution in [0.15, 0.2) is 58.1 Å². The number of aliphatic hydroxyl groups is 1. The van der Waals surface area contributed by atoms with Gasteiger partial charge in [0.15, 0.2) is 5.96 Å². The van der Waals surface area contributed by atoms with Gasteiger partial charge in [-0.2, -0.15) is 5.10 Å². The van der Waals surface area contributed by atoms with Crippen molar-refractivity contribution in [3.05, 3.63) is 71.4 Å².